The highest BCUT2D eigenvalue weighted by Gasteiger charge is 2.10. The number of halogens is 2. The fourth-order valence-electron chi connectivity index (χ4n) is 0.906. The lowest BCUT2D eigenvalue weighted by Crippen LogP contribution is -1.89. The van der Waals surface area contributed by atoms with Gasteiger partial charge in [0.05, 0.1) is 11.6 Å². The molecule has 70 valence electrons. The molecule has 5 heteroatoms. The molecule has 14 heavy (non-hydrogen) atoms. The summed E-state index contributed by atoms with van der Waals surface area (Å²) in [6.07, 6.45) is 1.38. The average Bonchev–Trinajstić information content (AvgIpc) is 2.17. The summed E-state index contributed by atoms with van der Waals surface area (Å²) in [5, 5.41) is 8.61. The Bertz CT molecular complexity index is 435. The fraction of sp³-hybridized carbons (Fsp3) is 0.111. The van der Waals surface area contributed by atoms with Crippen LogP contribution in [0.15, 0.2) is 27.7 Å². The van der Waals surface area contributed by atoms with Crippen molar-refractivity contribution in [3.05, 3.63) is 33.8 Å². The Labute approximate surface area is 94.1 Å². The van der Waals surface area contributed by atoms with Crippen molar-refractivity contribution in [3.63, 3.8) is 0 Å². The minimum atomic E-state index is -0.769. The number of hydrogen-bond donors (Lipinski definition) is 0. The van der Waals surface area contributed by atoms with Gasteiger partial charge in [0.2, 0.25) is 6.08 Å². The Balaban J connectivity index is 3.13. The topological polar surface area (TPSA) is 53.2 Å². The molecule has 1 aromatic carbocycles. The average molecular weight is 272 g/mol. The van der Waals surface area contributed by atoms with E-state index in [0.717, 1.165) is 0 Å². The minimum absolute atomic E-state index is 0.513. The largest absolute Gasteiger partial charge is 0.236 e. The molecule has 0 aliphatic rings. The number of hydrogen-bond acceptors (Lipinski definition) is 3. The third-order valence-corrected chi connectivity index (χ3v) is 2.57. The zero-order chi connectivity index (χ0) is 10.6. The summed E-state index contributed by atoms with van der Waals surface area (Å²) in [7, 11) is 0. The maximum Gasteiger partial charge on any atom is 0.236 e. The van der Waals surface area contributed by atoms with Gasteiger partial charge in [0.25, 0.3) is 0 Å². The van der Waals surface area contributed by atoms with E-state index in [2.05, 4.69) is 20.9 Å². The quantitative estimate of drug-likeness (QED) is 0.359. The van der Waals surface area contributed by atoms with Crippen LogP contribution in [-0.4, -0.2) is 6.08 Å². The van der Waals surface area contributed by atoms with Crippen LogP contribution in [0, 0.1) is 11.3 Å². The summed E-state index contributed by atoms with van der Waals surface area (Å²) in [6.45, 7) is 0. The van der Waals surface area contributed by atoms with Gasteiger partial charge in [0.1, 0.15) is 0 Å². The first-order valence-electron chi connectivity index (χ1n) is 3.59. The van der Waals surface area contributed by atoms with Gasteiger partial charge in [-0.2, -0.15) is 10.3 Å². The van der Waals surface area contributed by atoms with Crippen LogP contribution < -0.4 is 0 Å². The molecule has 0 amide bonds. The summed E-state index contributed by atoms with van der Waals surface area (Å²) in [5.74, 6) is 0. The maximum atomic E-state index is 9.98. The van der Waals surface area contributed by atoms with Gasteiger partial charge in [-0.05, 0) is 12.1 Å². The highest BCUT2D eigenvalue weighted by Crippen LogP contribution is 2.29. The highest BCUT2D eigenvalue weighted by atomic mass is 79.9. The molecular weight excluding hydrogens is 267 g/mol. The monoisotopic (exact) mass is 270 g/mol. The van der Waals surface area contributed by atoms with Crippen LogP contribution in [-0.2, 0) is 4.79 Å². The minimum Gasteiger partial charge on any atom is -0.211 e. The van der Waals surface area contributed by atoms with E-state index in [0.29, 0.717) is 15.6 Å². The van der Waals surface area contributed by atoms with Crippen molar-refractivity contribution in [3.8, 4) is 6.07 Å². The molecule has 0 aliphatic carbocycles. The first-order chi connectivity index (χ1) is 6.69. The number of nitriles is 1. The van der Waals surface area contributed by atoms with Crippen LogP contribution in [0.2, 0.25) is 0 Å². The number of alkyl halides is 1. The number of carbonyl (C=O) groups excluding carboxylic acids is 1. The molecule has 0 radical (unpaired) electrons. The zero-order valence-electron chi connectivity index (χ0n) is 6.87. The smallest absolute Gasteiger partial charge is 0.211 e. The fourth-order valence-corrected chi connectivity index (χ4v) is 1.86. The van der Waals surface area contributed by atoms with Crippen molar-refractivity contribution >= 4 is 33.6 Å². The van der Waals surface area contributed by atoms with Gasteiger partial charge in [0, 0.05) is 10.0 Å². The molecule has 1 aromatic rings. The molecule has 0 bridgehead atoms. The lowest BCUT2D eigenvalue weighted by molar-refractivity contribution is 0.562. The molecule has 0 heterocycles. The van der Waals surface area contributed by atoms with Gasteiger partial charge in [0.15, 0.2) is 5.50 Å². The number of aliphatic imine (C=N–C) groups is 1. The highest BCUT2D eigenvalue weighted by molar-refractivity contribution is 9.10. The standard InChI is InChI=1S/C9H4BrClN2O/c10-8-3-6(4-12)1-2-7(8)9(11)13-5-14/h1-3,9H. The van der Waals surface area contributed by atoms with Crippen LogP contribution in [0.3, 0.4) is 0 Å². The van der Waals surface area contributed by atoms with Gasteiger partial charge < -0.3 is 0 Å². The van der Waals surface area contributed by atoms with Crippen LogP contribution in [0.25, 0.3) is 0 Å². The normalized spacial score (nSPS) is 11.2. The third kappa shape index (κ3) is 2.43. The van der Waals surface area contributed by atoms with Gasteiger partial charge in [-0.1, -0.05) is 33.6 Å². The SMILES string of the molecule is N#Cc1ccc(C(Cl)N=C=O)c(Br)c1. The van der Waals surface area contributed by atoms with E-state index in [1.165, 1.54) is 6.08 Å². The Hall–Kier alpha value is -1.14. The van der Waals surface area contributed by atoms with E-state index in [4.69, 9.17) is 16.9 Å². The molecule has 0 aromatic heterocycles. The summed E-state index contributed by atoms with van der Waals surface area (Å²) < 4.78 is 0.649. The molecule has 3 nitrogen and oxygen atoms in total. The Morgan fingerprint density at radius 2 is 2.29 bits per heavy atom. The molecule has 0 fully saturated rings. The molecule has 0 aliphatic heterocycles. The van der Waals surface area contributed by atoms with Crippen LogP contribution >= 0.6 is 27.5 Å². The predicted octanol–water partition coefficient (Wildman–Crippen LogP) is 2.89. The molecule has 1 rings (SSSR count). The second-order valence-corrected chi connectivity index (χ2v) is 3.67. The van der Waals surface area contributed by atoms with Crippen molar-refractivity contribution in [2.45, 2.75) is 5.50 Å². The van der Waals surface area contributed by atoms with E-state index in [1.807, 2.05) is 6.07 Å². The summed E-state index contributed by atoms with van der Waals surface area (Å²) in [4.78, 5) is 13.3. The van der Waals surface area contributed by atoms with Crippen molar-refractivity contribution in [2.75, 3.05) is 0 Å². The molecule has 0 N–H and O–H groups in total. The summed E-state index contributed by atoms with van der Waals surface area (Å²) in [6, 6.07) is 6.85. The van der Waals surface area contributed by atoms with Gasteiger partial charge in [-0.3, -0.25) is 0 Å². The number of isocyanates is 1. The van der Waals surface area contributed by atoms with E-state index in [9.17, 15) is 4.79 Å². The maximum absolute atomic E-state index is 9.98. The Kier molecular flexibility index (Phi) is 3.84. The lowest BCUT2D eigenvalue weighted by Gasteiger charge is -2.05. The molecule has 0 saturated heterocycles. The summed E-state index contributed by atoms with van der Waals surface area (Å²) in [5.41, 5.74) is 0.378. The van der Waals surface area contributed by atoms with Crippen molar-refractivity contribution in [2.24, 2.45) is 4.99 Å². The Morgan fingerprint density at radius 3 is 2.79 bits per heavy atom. The van der Waals surface area contributed by atoms with Crippen LogP contribution in [0.4, 0.5) is 0 Å². The zero-order valence-corrected chi connectivity index (χ0v) is 9.21. The first-order valence-corrected chi connectivity index (χ1v) is 4.82. The summed E-state index contributed by atoms with van der Waals surface area (Å²) >= 11 is 9.00. The molecule has 1 atom stereocenters. The van der Waals surface area contributed by atoms with Gasteiger partial charge in [-0.15, -0.1) is 0 Å². The molecule has 0 saturated carbocycles. The van der Waals surface area contributed by atoms with E-state index in [-0.39, 0.29) is 0 Å². The lowest BCUT2D eigenvalue weighted by atomic mass is 10.1. The predicted molar refractivity (Wildman–Crippen MR) is 55.6 cm³/mol. The van der Waals surface area contributed by atoms with Crippen molar-refractivity contribution in [1.82, 2.24) is 0 Å². The molecule has 1 unspecified atom stereocenters. The number of nitrogens with zero attached hydrogens (tertiary/aromatic N) is 2. The van der Waals surface area contributed by atoms with E-state index < -0.39 is 5.50 Å². The second kappa shape index (κ2) is 4.92. The molecular formula is C9H4BrClN2O. The molecule has 0 spiro atoms. The van der Waals surface area contributed by atoms with Gasteiger partial charge in [-0.25, -0.2) is 4.79 Å². The second-order valence-electron chi connectivity index (χ2n) is 2.40. The number of rotatable bonds is 2. The third-order valence-electron chi connectivity index (χ3n) is 1.55. The van der Waals surface area contributed by atoms with E-state index >= 15 is 0 Å². The number of benzene rings is 1. The Morgan fingerprint density at radius 1 is 1.57 bits per heavy atom. The first kappa shape index (κ1) is 10.9. The van der Waals surface area contributed by atoms with E-state index in [1.54, 1.807) is 18.2 Å². The van der Waals surface area contributed by atoms with Crippen LogP contribution in [0.1, 0.15) is 16.6 Å². The van der Waals surface area contributed by atoms with Crippen molar-refractivity contribution < 1.29 is 4.79 Å². The van der Waals surface area contributed by atoms with Gasteiger partial charge >= 0.3 is 0 Å². The van der Waals surface area contributed by atoms with Crippen molar-refractivity contribution in [1.29, 1.82) is 5.26 Å². The van der Waals surface area contributed by atoms with Crippen LogP contribution in [0.5, 0.6) is 0 Å².